The normalized spacial score (nSPS) is 17.6. The molecule has 1 saturated heterocycles. The molecule has 24 heavy (non-hydrogen) atoms. The van der Waals surface area contributed by atoms with E-state index in [1.807, 2.05) is 40.1 Å². The monoisotopic (exact) mass is 324 g/mol. The van der Waals surface area contributed by atoms with Gasteiger partial charge in [0.25, 0.3) is 5.91 Å². The van der Waals surface area contributed by atoms with Gasteiger partial charge in [-0.2, -0.15) is 0 Å². The average Bonchev–Trinajstić information content (AvgIpc) is 2.63. The number of hydrogen-bond acceptors (Lipinski definition) is 4. The molecule has 0 spiro atoms. The summed E-state index contributed by atoms with van der Waals surface area (Å²) < 4.78 is 0. The molecule has 1 fully saturated rings. The third-order valence-electron chi connectivity index (χ3n) is 4.43. The SMILES string of the molecule is CCN(c1ccccc1)c1nccc(C(=O)N2CCCC(C)C2)n1. The molecule has 3 rings (SSSR count). The summed E-state index contributed by atoms with van der Waals surface area (Å²) in [4.78, 5) is 25.6. The summed E-state index contributed by atoms with van der Waals surface area (Å²) >= 11 is 0. The van der Waals surface area contributed by atoms with E-state index in [0.717, 1.165) is 31.7 Å². The number of benzene rings is 1. The van der Waals surface area contributed by atoms with Gasteiger partial charge in [-0.15, -0.1) is 0 Å². The molecule has 5 heteroatoms. The number of piperidine rings is 1. The maximum Gasteiger partial charge on any atom is 0.272 e. The zero-order chi connectivity index (χ0) is 16.9. The van der Waals surface area contributed by atoms with Crippen molar-refractivity contribution in [2.45, 2.75) is 26.7 Å². The molecule has 1 unspecified atom stereocenters. The van der Waals surface area contributed by atoms with E-state index in [-0.39, 0.29) is 5.91 Å². The second kappa shape index (κ2) is 7.43. The van der Waals surface area contributed by atoms with E-state index in [0.29, 0.717) is 17.6 Å². The van der Waals surface area contributed by atoms with Crippen LogP contribution < -0.4 is 4.90 Å². The number of rotatable bonds is 4. The highest BCUT2D eigenvalue weighted by Gasteiger charge is 2.23. The van der Waals surface area contributed by atoms with Crippen LogP contribution in [0.5, 0.6) is 0 Å². The highest BCUT2D eigenvalue weighted by molar-refractivity contribution is 5.92. The van der Waals surface area contributed by atoms with Crippen LogP contribution in [-0.2, 0) is 0 Å². The number of hydrogen-bond donors (Lipinski definition) is 0. The first-order valence-electron chi connectivity index (χ1n) is 8.64. The van der Waals surface area contributed by atoms with E-state index in [1.165, 1.54) is 6.42 Å². The number of aromatic nitrogens is 2. The fourth-order valence-electron chi connectivity index (χ4n) is 3.18. The topological polar surface area (TPSA) is 49.3 Å². The quantitative estimate of drug-likeness (QED) is 0.863. The minimum atomic E-state index is 0.00862. The Morgan fingerprint density at radius 3 is 2.79 bits per heavy atom. The maximum atomic E-state index is 12.8. The van der Waals surface area contributed by atoms with Crippen molar-refractivity contribution in [1.29, 1.82) is 0 Å². The molecule has 1 aromatic carbocycles. The summed E-state index contributed by atoms with van der Waals surface area (Å²) in [6.45, 7) is 6.62. The fourth-order valence-corrected chi connectivity index (χ4v) is 3.18. The van der Waals surface area contributed by atoms with Crippen LogP contribution in [0.4, 0.5) is 11.6 Å². The molecular formula is C19H24N4O. The molecule has 1 aliphatic heterocycles. The van der Waals surface area contributed by atoms with Crippen molar-refractivity contribution in [3.8, 4) is 0 Å². The van der Waals surface area contributed by atoms with Gasteiger partial charge in [0.1, 0.15) is 5.69 Å². The predicted octanol–water partition coefficient (Wildman–Crippen LogP) is 3.51. The Labute approximate surface area is 143 Å². The van der Waals surface area contributed by atoms with E-state index in [2.05, 4.69) is 23.8 Å². The third-order valence-corrected chi connectivity index (χ3v) is 4.43. The number of nitrogens with zero attached hydrogens (tertiary/aromatic N) is 4. The lowest BCUT2D eigenvalue weighted by molar-refractivity contribution is 0.0677. The van der Waals surface area contributed by atoms with Crippen LogP contribution in [0.15, 0.2) is 42.6 Å². The van der Waals surface area contributed by atoms with E-state index < -0.39 is 0 Å². The lowest BCUT2D eigenvalue weighted by Crippen LogP contribution is -2.39. The Kier molecular flexibility index (Phi) is 5.08. The third kappa shape index (κ3) is 3.55. The number of para-hydroxylation sites is 1. The molecule has 0 saturated carbocycles. The molecule has 2 heterocycles. The Morgan fingerprint density at radius 2 is 2.08 bits per heavy atom. The van der Waals surface area contributed by atoms with Gasteiger partial charge in [-0.05, 0) is 43.9 Å². The molecule has 0 radical (unpaired) electrons. The highest BCUT2D eigenvalue weighted by Crippen LogP contribution is 2.22. The lowest BCUT2D eigenvalue weighted by Gasteiger charge is -2.30. The van der Waals surface area contributed by atoms with E-state index in [1.54, 1.807) is 12.3 Å². The molecule has 1 amide bonds. The van der Waals surface area contributed by atoms with E-state index >= 15 is 0 Å². The van der Waals surface area contributed by atoms with Crippen molar-refractivity contribution in [3.05, 3.63) is 48.3 Å². The van der Waals surface area contributed by atoms with Crippen molar-refractivity contribution >= 4 is 17.5 Å². The molecule has 1 aromatic heterocycles. The summed E-state index contributed by atoms with van der Waals surface area (Å²) in [6, 6.07) is 11.7. The second-order valence-corrected chi connectivity index (χ2v) is 6.32. The molecule has 0 aliphatic carbocycles. The van der Waals surface area contributed by atoms with E-state index in [9.17, 15) is 4.79 Å². The maximum absolute atomic E-state index is 12.8. The minimum Gasteiger partial charge on any atom is -0.337 e. The number of anilines is 2. The lowest BCUT2D eigenvalue weighted by atomic mass is 10.00. The first-order valence-corrected chi connectivity index (χ1v) is 8.64. The summed E-state index contributed by atoms with van der Waals surface area (Å²) in [5.74, 6) is 1.13. The van der Waals surface area contributed by atoms with Crippen LogP contribution in [-0.4, -0.2) is 40.4 Å². The van der Waals surface area contributed by atoms with Crippen molar-refractivity contribution < 1.29 is 4.79 Å². The summed E-state index contributed by atoms with van der Waals surface area (Å²) in [5.41, 5.74) is 1.50. The summed E-state index contributed by atoms with van der Waals surface area (Å²) in [7, 11) is 0. The number of amides is 1. The van der Waals surface area contributed by atoms with Gasteiger partial charge in [0.15, 0.2) is 0 Å². The first kappa shape index (κ1) is 16.4. The molecule has 2 aromatic rings. The summed E-state index contributed by atoms with van der Waals surface area (Å²) in [6.07, 6.45) is 3.93. The molecule has 1 atom stereocenters. The Morgan fingerprint density at radius 1 is 1.29 bits per heavy atom. The number of likely N-dealkylation sites (tertiary alicyclic amines) is 1. The Hall–Kier alpha value is -2.43. The van der Waals surface area contributed by atoms with Gasteiger partial charge in [-0.1, -0.05) is 25.1 Å². The van der Waals surface area contributed by atoms with Crippen LogP contribution in [0.25, 0.3) is 0 Å². The number of carbonyl (C=O) groups excluding carboxylic acids is 1. The van der Waals surface area contributed by atoms with Gasteiger partial charge in [0.2, 0.25) is 5.95 Å². The fraction of sp³-hybridized carbons (Fsp3) is 0.421. The zero-order valence-corrected chi connectivity index (χ0v) is 14.4. The van der Waals surface area contributed by atoms with Crippen molar-refractivity contribution in [1.82, 2.24) is 14.9 Å². The van der Waals surface area contributed by atoms with Crippen molar-refractivity contribution in [2.75, 3.05) is 24.5 Å². The summed E-state index contributed by atoms with van der Waals surface area (Å²) in [5, 5.41) is 0. The highest BCUT2D eigenvalue weighted by atomic mass is 16.2. The van der Waals surface area contributed by atoms with Gasteiger partial charge < -0.3 is 9.80 Å². The smallest absolute Gasteiger partial charge is 0.272 e. The molecule has 0 N–H and O–H groups in total. The van der Waals surface area contributed by atoms with Gasteiger partial charge in [0.05, 0.1) is 0 Å². The van der Waals surface area contributed by atoms with Gasteiger partial charge >= 0.3 is 0 Å². The zero-order valence-electron chi connectivity index (χ0n) is 14.4. The Bertz CT molecular complexity index is 689. The van der Waals surface area contributed by atoms with Gasteiger partial charge in [-0.3, -0.25) is 4.79 Å². The minimum absolute atomic E-state index is 0.00862. The number of carbonyl (C=O) groups is 1. The largest absolute Gasteiger partial charge is 0.337 e. The van der Waals surface area contributed by atoms with Gasteiger partial charge in [-0.25, -0.2) is 9.97 Å². The van der Waals surface area contributed by atoms with E-state index in [4.69, 9.17) is 0 Å². The standard InChI is InChI=1S/C19H24N4O/c1-3-23(16-9-5-4-6-10-16)19-20-12-11-17(21-19)18(24)22-13-7-8-15(2)14-22/h4-6,9-12,15H,3,7-8,13-14H2,1-2H3. The van der Waals surface area contributed by atoms with Crippen LogP contribution in [0.1, 0.15) is 37.2 Å². The molecular weight excluding hydrogens is 300 g/mol. The molecule has 126 valence electrons. The van der Waals surface area contributed by atoms with Gasteiger partial charge in [0, 0.05) is 31.5 Å². The Balaban J connectivity index is 1.84. The van der Waals surface area contributed by atoms with Crippen molar-refractivity contribution in [3.63, 3.8) is 0 Å². The van der Waals surface area contributed by atoms with Crippen LogP contribution in [0.2, 0.25) is 0 Å². The molecule has 5 nitrogen and oxygen atoms in total. The van der Waals surface area contributed by atoms with Crippen LogP contribution in [0, 0.1) is 5.92 Å². The average molecular weight is 324 g/mol. The second-order valence-electron chi connectivity index (χ2n) is 6.32. The van der Waals surface area contributed by atoms with Crippen LogP contribution in [0.3, 0.4) is 0 Å². The van der Waals surface area contributed by atoms with Crippen molar-refractivity contribution in [2.24, 2.45) is 5.92 Å². The first-order chi connectivity index (χ1) is 11.7. The predicted molar refractivity (Wildman–Crippen MR) is 95.5 cm³/mol. The molecule has 1 aliphatic rings. The molecule has 0 bridgehead atoms. The van der Waals surface area contributed by atoms with Crippen LogP contribution >= 0.6 is 0 Å².